The number of nitrogens with zero attached hydrogens (tertiary/aromatic N) is 5. The largest absolute Gasteiger partial charge is 0.338 e. The number of rotatable bonds is 7. The lowest BCUT2D eigenvalue weighted by Crippen LogP contribution is -2.31. The number of aromatic nitrogens is 4. The van der Waals surface area contributed by atoms with E-state index in [9.17, 15) is 4.79 Å². The minimum absolute atomic E-state index is 0.0721. The maximum Gasteiger partial charge on any atom is 0.233 e. The van der Waals surface area contributed by atoms with Crippen LogP contribution in [0.2, 0.25) is 5.02 Å². The summed E-state index contributed by atoms with van der Waals surface area (Å²) >= 11 is 7.40. The maximum atomic E-state index is 12.4. The van der Waals surface area contributed by atoms with E-state index >= 15 is 0 Å². The normalized spacial score (nSPS) is 14.0. The number of carbonyl (C=O) groups excluding carboxylic acids is 1. The second kappa shape index (κ2) is 7.31. The molecule has 2 aromatic rings. The standard InChI is InChI=1S/C15H18ClN5OS/c1-2-20(9-11-4-3-5-12(16)8-11)14(22)10-23-15-17-18-19-21(15)13-6-7-13/h3-5,8,13H,2,6-7,9-10H2,1H3. The maximum absolute atomic E-state index is 12.4. The van der Waals surface area contributed by atoms with Crippen molar-refractivity contribution in [3.63, 3.8) is 0 Å². The van der Waals surface area contributed by atoms with Crippen LogP contribution in [-0.2, 0) is 11.3 Å². The first kappa shape index (κ1) is 16.3. The number of hydrogen-bond donors (Lipinski definition) is 0. The lowest BCUT2D eigenvalue weighted by atomic mass is 10.2. The smallest absolute Gasteiger partial charge is 0.233 e. The van der Waals surface area contributed by atoms with E-state index in [2.05, 4.69) is 15.5 Å². The number of halogens is 1. The molecule has 1 aliphatic carbocycles. The van der Waals surface area contributed by atoms with Crippen LogP contribution in [0.1, 0.15) is 31.4 Å². The Labute approximate surface area is 144 Å². The van der Waals surface area contributed by atoms with E-state index in [4.69, 9.17) is 11.6 Å². The molecule has 0 aliphatic heterocycles. The molecule has 3 rings (SSSR count). The van der Waals surface area contributed by atoms with Gasteiger partial charge in [0.15, 0.2) is 0 Å². The summed E-state index contributed by atoms with van der Waals surface area (Å²) in [5, 5.41) is 13.1. The average Bonchev–Trinajstić information content (AvgIpc) is 3.28. The fraction of sp³-hybridized carbons (Fsp3) is 0.467. The minimum atomic E-state index is 0.0721. The van der Waals surface area contributed by atoms with E-state index in [-0.39, 0.29) is 5.91 Å². The highest BCUT2D eigenvalue weighted by atomic mass is 35.5. The summed E-state index contributed by atoms with van der Waals surface area (Å²) < 4.78 is 1.82. The molecule has 1 amide bonds. The predicted octanol–water partition coefficient (Wildman–Crippen LogP) is 2.80. The molecule has 0 bridgehead atoms. The zero-order valence-corrected chi connectivity index (χ0v) is 14.4. The monoisotopic (exact) mass is 351 g/mol. The molecule has 23 heavy (non-hydrogen) atoms. The van der Waals surface area contributed by atoms with Crippen molar-refractivity contribution in [3.8, 4) is 0 Å². The van der Waals surface area contributed by atoms with Crippen molar-refractivity contribution >= 4 is 29.3 Å². The summed E-state index contributed by atoms with van der Waals surface area (Å²) in [6.45, 7) is 3.19. The van der Waals surface area contributed by atoms with Crippen LogP contribution < -0.4 is 0 Å². The van der Waals surface area contributed by atoms with Gasteiger partial charge in [0.1, 0.15) is 0 Å². The molecular formula is C15H18ClN5OS. The van der Waals surface area contributed by atoms with Crippen LogP contribution in [0, 0.1) is 0 Å². The highest BCUT2D eigenvalue weighted by molar-refractivity contribution is 7.99. The molecule has 8 heteroatoms. The van der Waals surface area contributed by atoms with Crippen molar-refractivity contribution in [1.82, 2.24) is 25.1 Å². The van der Waals surface area contributed by atoms with E-state index in [0.29, 0.717) is 29.9 Å². The zero-order valence-electron chi connectivity index (χ0n) is 12.9. The Hall–Kier alpha value is -1.60. The van der Waals surface area contributed by atoms with Gasteiger partial charge in [0.2, 0.25) is 11.1 Å². The Balaban J connectivity index is 1.58. The van der Waals surface area contributed by atoms with Gasteiger partial charge in [-0.15, -0.1) is 5.10 Å². The van der Waals surface area contributed by atoms with Crippen LogP contribution in [0.15, 0.2) is 29.4 Å². The number of carbonyl (C=O) groups is 1. The molecule has 0 saturated heterocycles. The van der Waals surface area contributed by atoms with E-state index in [1.807, 2.05) is 40.8 Å². The fourth-order valence-electron chi connectivity index (χ4n) is 2.28. The molecule has 1 heterocycles. The van der Waals surface area contributed by atoms with E-state index in [0.717, 1.165) is 23.6 Å². The predicted molar refractivity (Wildman–Crippen MR) is 89.4 cm³/mol. The van der Waals surface area contributed by atoms with Crippen molar-refractivity contribution in [3.05, 3.63) is 34.9 Å². The summed E-state index contributed by atoms with van der Waals surface area (Å²) in [4.78, 5) is 14.3. The molecule has 0 spiro atoms. The topological polar surface area (TPSA) is 63.9 Å². The molecule has 0 radical (unpaired) electrons. The minimum Gasteiger partial charge on any atom is -0.338 e. The summed E-state index contributed by atoms with van der Waals surface area (Å²) in [6, 6.07) is 8.00. The molecule has 1 aromatic carbocycles. The summed E-state index contributed by atoms with van der Waals surface area (Å²) in [6.07, 6.45) is 2.23. The van der Waals surface area contributed by atoms with E-state index in [1.54, 1.807) is 0 Å². The lowest BCUT2D eigenvalue weighted by Gasteiger charge is -2.20. The molecule has 6 nitrogen and oxygen atoms in total. The molecule has 1 fully saturated rings. The molecule has 122 valence electrons. The average molecular weight is 352 g/mol. The van der Waals surface area contributed by atoms with Gasteiger partial charge in [-0.1, -0.05) is 35.5 Å². The van der Waals surface area contributed by atoms with E-state index in [1.165, 1.54) is 11.8 Å². The molecule has 0 atom stereocenters. The van der Waals surface area contributed by atoms with Gasteiger partial charge in [0.05, 0.1) is 11.8 Å². The van der Waals surface area contributed by atoms with Crippen LogP contribution in [0.5, 0.6) is 0 Å². The summed E-state index contributed by atoms with van der Waals surface area (Å²) in [5.41, 5.74) is 1.03. The molecule has 1 aromatic heterocycles. The van der Waals surface area contributed by atoms with Crippen LogP contribution in [0.25, 0.3) is 0 Å². The Bertz CT molecular complexity index is 688. The van der Waals surface area contributed by atoms with Gasteiger partial charge in [-0.05, 0) is 47.9 Å². The zero-order chi connectivity index (χ0) is 16.2. The quantitative estimate of drug-likeness (QED) is 0.718. The highest BCUT2D eigenvalue weighted by Crippen LogP contribution is 2.36. The van der Waals surface area contributed by atoms with Gasteiger partial charge < -0.3 is 4.90 Å². The van der Waals surface area contributed by atoms with Gasteiger partial charge >= 0.3 is 0 Å². The number of benzene rings is 1. The first-order valence-corrected chi connectivity index (χ1v) is 8.96. The Kier molecular flexibility index (Phi) is 5.17. The van der Waals surface area contributed by atoms with Crippen LogP contribution >= 0.6 is 23.4 Å². The van der Waals surface area contributed by atoms with E-state index < -0.39 is 0 Å². The summed E-state index contributed by atoms with van der Waals surface area (Å²) in [5.74, 6) is 0.407. The number of thioether (sulfide) groups is 1. The Morgan fingerprint density at radius 3 is 3.00 bits per heavy atom. The third kappa shape index (κ3) is 4.23. The molecule has 1 aliphatic rings. The van der Waals surface area contributed by atoms with Crippen LogP contribution in [-0.4, -0.2) is 43.3 Å². The molecule has 0 N–H and O–H groups in total. The Morgan fingerprint density at radius 1 is 1.48 bits per heavy atom. The first-order chi connectivity index (χ1) is 11.2. The van der Waals surface area contributed by atoms with Crippen molar-refractivity contribution in [2.24, 2.45) is 0 Å². The van der Waals surface area contributed by atoms with Crippen molar-refractivity contribution in [2.45, 2.75) is 37.5 Å². The number of hydrogen-bond acceptors (Lipinski definition) is 5. The van der Waals surface area contributed by atoms with Crippen molar-refractivity contribution < 1.29 is 4.79 Å². The van der Waals surface area contributed by atoms with Gasteiger partial charge in [-0.2, -0.15) is 0 Å². The second-order valence-electron chi connectivity index (χ2n) is 5.46. The third-order valence-electron chi connectivity index (χ3n) is 3.68. The summed E-state index contributed by atoms with van der Waals surface area (Å²) in [7, 11) is 0. The van der Waals surface area contributed by atoms with Crippen LogP contribution in [0.4, 0.5) is 0 Å². The van der Waals surface area contributed by atoms with Gasteiger partial charge in [-0.3, -0.25) is 4.79 Å². The number of tetrazole rings is 1. The first-order valence-electron chi connectivity index (χ1n) is 7.60. The van der Waals surface area contributed by atoms with Crippen molar-refractivity contribution in [2.75, 3.05) is 12.3 Å². The SMILES string of the molecule is CCN(Cc1cccc(Cl)c1)C(=O)CSc1nnnn1C1CC1. The Morgan fingerprint density at radius 2 is 2.30 bits per heavy atom. The lowest BCUT2D eigenvalue weighted by molar-refractivity contribution is -0.128. The van der Waals surface area contributed by atoms with Gasteiger partial charge in [0, 0.05) is 18.1 Å². The highest BCUT2D eigenvalue weighted by Gasteiger charge is 2.28. The van der Waals surface area contributed by atoms with Crippen molar-refractivity contribution in [1.29, 1.82) is 0 Å². The molecule has 1 saturated carbocycles. The van der Waals surface area contributed by atoms with Gasteiger partial charge in [-0.25, -0.2) is 4.68 Å². The van der Waals surface area contributed by atoms with Gasteiger partial charge in [0.25, 0.3) is 0 Å². The second-order valence-corrected chi connectivity index (χ2v) is 6.84. The fourth-order valence-corrected chi connectivity index (χ4v) is 3.34. The molecule has 0 unspecified atom stereocenters. The third-order valence-corrected chi connectivity index (χ3v) is 4.83. The number of amides is 1. The molecular weight excluding hydrogens is 334 g/mol. The van der Waals surface area contributed by atoms with Crippen LogP contribution in [0.3, 0.4) is 0 Å².